The van der Waals surface area contributed by atoms with Crippen LogP contribution in [0.25, 0.3) is 10.9 Å². The first kappa shape index (κ1) is 28.4. The van der Waals surface area contributed by atoms with Gasteiger partial charge < -0.3 is 19.9 Å². The van der Waals surface area contributed by atoms with E-state index in [9.17, 15) is 14.0 Å². The number of aromatic nitrogens is 1. The summed E-state index contributed by atoms with van der Waals surface area (Å²) in [5.41, 5.74) is 4.99. The molecule has 1 amide bonds. The van der Waals surface area contributed by atoms with Crippen LogP contribution in [0.1, 0.15) is 68.3 Å². The molecule has 5 rings (SSSR count). The summed E-state index contributed by atoms with van der Waals surface area (Å²) in [6, 6.07) is 20.2. The molecule has 41 heavy (non-hydrogen) atoms. The SMILES string of the molecule is CC(C)(C)OC(=O)CCc1c[nH]c2ccc(CC(=O)NC(c3ccccc3)c3ccc(F)cc3N3CCCC3)cc12. The predicted octanol–water partition coefficient (Wildman–Crippen LogP) is 6.63. The van der Waals surface area contributed by atoms with E-state index in [2.05, 4.69) is 15.2 Å². The maximum absolute atomic E-state index is 14.4. The molecule has 1 aliphatic rings. The number of fused-ring (bicyclic) bond motifs is 1. The number of ether oxygens (including phenoxy) is 1. The fourth-order valence-electron chi connectivity index (χ4n) is 5.55. The lowest BCUT2D eigenvalue weighted by atomic mass is 9.96. The van der Waals surface area contributed by atoms with Crippen LogP contribution in [-0.2, 0) is 27.2 Å². The van der Waals surface area contributed by atoms with Crippen molar-refractivity contribution in [3.63, 3.8) is 0 Å². The van der Waals surface area contributed by atoms with Crippen LogP contribution in [0, 0.1) is 5.82 Å². The Labute approximate surface area is 240 Å². The first-order valence-electron chi connectivity index (χ1n) is 14.4. The van der Waals surface area contributed by atoms with E-state index in [1.165, 1.54) is 6.07 Å². The summed E-state index contributed by atoms with van der Waals surface area (Å²) in [4.78, 5) is 31.2. The molecule has 1 unspecified atom stereocenters. The number of carbonyl (C=O) groups is 2. The van der Waals surface area contributed by atoms with E-state index in [4.69, 9.17) is 4.74 Å². The van der Waals surface area contributed by atoms with Gasteiger partial charge >= 0.3 is 5.97 Å². The zero-order valence-corrected chi connectivity index (χ0v) is 24.0. The molecular formula is C34H38FN3O3. The second kappa shape index (κ2) is 12.2. The third-order valence-corrected chi connectivity index (χ3v) is 7.40. The maximum Gasteiger partial charge on any atom is 0.306 e. The lowest BCUT2D eigenvalue weighted by Gasteiger charge is -2.27. The first-order chi connectivity index (χ1) is 19.7. The number of hydrogen-bond acceptors (Lipinski definition) is 4. The zero-order valence-electron chi connectivity index (χ0n) is 24.0. The Morgan fingerprint density at radius 1 is 1.02 bits per heavy atom. The van der Waals surface area contributed by atoms with E-state index in [1.807, 2.05) is 75.5 Å². The number of halogens is 1. The molecule has 214 valence electrons. The summed E-state index contributed by atoms with van der Waals surface area (Å²) < 4.78 is 19.8. The molecule has 1 aliphatic heterocycles. The lowest BCUT2D eigenvalue weighted by molar-refractivity contribution is -0.154. The molecule has 1 fully saturated rings. The number of aromatic amines is 1. The average molecular weight is 556 g/mol. The number of nitrogens with one attached hydrogen (secondary N) is 2. The van der Waals surface area contributed by atoms with Gasteiger partial charge in [-0.15, -0.1) is 0 Å². The third kappa shape index (κ3) is 7.15. The Morgan fingerprint density at radius 2 is 1.78 bits per heavy atom. The molecular weight excluding hydrogens is 517 g/mol. The number of amides is 1. The Hall–Kier alpha value is -4.13. The van der Waals surface area contributed by atoms with Crippen LogP contribution in [0.15, 0.2) is 72.9 Å². The summed E-state index contributed by atoms with van der Waals surface area (Å²) in [5.74, 6) is -0.639. The molecule has 1 aromatic heterocycles. The quantitative estimate of drug-likeness (QED) is 0.227. The van der Waals surface area contributed by atoms with E-state index in [0.29, 0.717) is 6.42 Å². The van der Waals surface area contributed by atoms with Crippen molar-refractivity contribution < 1.29 is 18.7 Å². The highest BCUT2D eigenvalue weighted by Crippen LogP contribution is 2.34. The number of carbonyl (C=O) groups excluding carboxylic acids is 2. The van der Waals surface area contributed by atoms with Crippen molar-refractivity contribution in [1.29, 1.82) is 0 Å². The number of H-pyrrole nitrogens is 1. The molecule has 7 heteroatoms. The topological polar surface area (TPSA) is 74.4 Å². The minimum absolute atomic E-state index is 0.124. The van der Waals surface area contributed by atoms with Crippen LogP contribution in [0.2, 0.25) is 0 Å². The highest BCUT2D eigenvalue weighted by molar-refractivity contribution is 5.87. The predicted molar refractivity (Wildman–Crippen MR) is 160 cm³/mol. The van der Waals surface area contributed by atoms with Crippen LogP contribution < -0.4 is 10.2 Å². The van der Waals surface area contributed by atoms with Gasteiger partial charge in [-0.2, -0.15) is 0 Å². The summed E-state index contributed by atoms with van der Waals surface area (Å²) in [5, 5.41) is 4.24. The third-order valence-electron chi connectivity index (χ3n) is 7.40. The van der Waals surface area contributed by atoms with Crippen molar-refractivity contribution in [2.75, 3.05) is 18.0 Å². The summed E-state index contributed by atoms with van der Waals surface area (Å²) in [6.07, 6.45) is 5.07. The van der Waals surface area contributed by atoms with Gasteiger partial charge in [0.1, 0.15) is 11.4 Å². The van der Waals surface area contributed by atoms with Crippen molar-refractivity contribution >= 4 is 28.5 Å². The average Bonchev–Trinajstić information content (AvgIpc) is 3.61. The van der Waals surface area contributed by atoms with Gasteiger partial charge in [0, 0.05) is 47.9 Å². The first-order valence-corrected chi connectivity index (χ1v) is 14.4. The van der Waals surface area contributed by atoms with Crippen LogP contribution in [-0.4, -0.2) is 35.6 Å². The minimum atomic E-state index is -0.515. The van der Waals surface area contributed by atoms with Gasteiger partial charge in [-0.1, -0.05) is 42.5 Å². The van der Waals surface area contributed by atoms with Crippen LogP contribution in [0.5, 0.6) is 0 Å². The van der Waals surface area contributed by atoms with Crippen LogP contribution >= 0.6 is 0 Å². The molecule has 1 atom stereocenters. The minimum Gasteiger partial charge on any atom is -0.460 e. The van der Waals surface area contributed by atoms with Crippen LogP contribution in [0.4, 0.5) is 10.1 Å². The Balaban J connectivity index is 1.35. The number of nitrogens with zero attached hydrogens (tertiary/aromatic N) is 1. The molecule has 2 heterocycles. The number of esters is 1. The summed E-state index contributed by atoms with van der Waals surface area (Å²) in [6.45, 7) is 7.33. The molecule has 0 aliphatic carbocycles. The standard InChI is InChI=1S/C34H38FN3O3/c1-34(2,3)41-32(40)16-12-25-22-36-29-15-11-23(19-28(25)29)20-31(39)37-33(24-9-5-4-6-10-24)27-14-13-26(35)21-30(27)38-17-7-8-18-38/h4-6,9-11,13-15,19,21-22,33,36H,7-8,12,16-18,20H2,1-3H3,(H,37,39). The number of aryl methyl sites for hydroxylation is 1. The van der Waals surface area contributed by atoms with E-state index in [0.717, 1.165) is 64.8 Å². The summed E-state index contributed by atoms with van der Waals surface area (Å²) >= 11 is 0. The maximum atomic E-state index is 14.4. The zero-order chi connectivity index (χ0) is 29.0. The van der Waals surface area contributed by atoms with Crippen molar-refractivity contribution in [2.45, 2.75) is 64.5 Å². The Morgan fingerprint density at radius 3 is 2.51 bits per heavy atom. The second-order valence-electron chi connectivity index (χ2n) is 11.8. The van der Waals surface area contributed by atoms with E-state index in [-0.39, 0.29) is 30.5 Å². The van der Waals surface area contributed by atoms with Crippen molar-refractivity contribution in [3.8, 4) is 0 Å². The fraction of sp³-hybridized carbons (Fsp3) is 0.353. The van der Waals surface area contributed by atoms with Gasteiger partial charge in [-0.25, -0.2) is 4.39 Å². The van der Waals surface area contributed by atoms with E-state index >= 15 is 0 Å². The molecule has 6 nitrogen and oxygen atoms in total. The number of rotatable bonds is 9. The summed E-state index contributed by atoms with van der Waals surface area (Å²) in [7, 11) is 0. The molecule has 0 spiro atoms. The van der Waals surface area contributed by atoms with Crippen molar-refractivity contribution in [2.24, 2.45) is 0 Å². The molecule has 0 saturated carbocycles. The van der Waals surface area contributed by atoms with Gasteiger partial charge in [-0.3, -0.25) is 9.59 Å². The number of hydrogen-bond donors (Lipinski definition) is 2. The molecule has 3 aromatic carbocycles. The van der Waals surface area contributed by atoms with Gasteiger partial charge in [0.05, 0.1) is 12.5 Å². The number of anilines is 1. The van der Waals surface area contributed by atoms with Gasteiger partial charge in [-0.05, 0) is 81.0 Å². The molecule has 2 N–H and O–H groups in total. The Kier molecular flexibility index (Phi) is 8.43. The van der Waals surface area contributed by atoms with E-state index < -0.39 is 11.6 Å². The number of benzene rings is 3. The highest BCUT2D eigenvalue weighted by Gasteiger charge is 2.25. The smallest absolute Gasteiger partial charge is 0.306 e. The lowest BCUT2D eigenvalue weighted by Crippen LogP contribution is -2.32. The van der Waals surface area contributed by atoms with Gasteiger partial charge in [0.15, 0.2) is 0 Å². The van der Waals surface area contributed by atoms with Gasteiger partial charge in [0.2, 0.25) is 5.91 Å². The van der Waals surface area contributed by atoms with Crippen molar-refractivity contribution in [1.82, 2.24) is 10.3 Å². The Bertz CT molecular complexity index is 1520. The monoisotopic (exact) mass is 555 g/mol. The molecule has 0 bridgehead atoms. The van der Waals surface area contributed by atoms with E-state index in [1.54, 1.807) is 12.1 Å². The largest absolute Gasteiger partial charge is 0.460 e. The normalized spacial score (nSPS) is 14.3. The molecule has 0 radical (unpaired) electrons. The second-order valence-corrected chi connectivity index (χ2v) is 11.8. The fourth-order valence-corrected chi connectivity index (χ4v) is 5.55. The van der Waals surface area contributed by atoms with Crippen LogP contribution in [0.3, 0.4) is 0 Å². The molecule has 1 saturated heterocycles. The van der Waals surface area contributed by atoms with Crippen molar-refractivity contribution in [3.05, 3.63) is 101 Å². The molecule has 4 aromatic rings. The van der Waals surface area contributed by atoms with Gasteiger partial charge in [0.25, 0.3) is 0 Å². The highest BCUT2D eigenvalue weighted by atomic mass is 19.1.